The molecule has 0 aliphatic carbocycles. The van der Waals surface area contributed by atoms with Gasteiger partial charge >= 0.3 is 0 Å². The molecule has 0 unspecified atom stereocenters. The first-order valence-electron chi connectivity index (χ1n) is 7.88. The number of pyridine rings is 1. The summed E-state index contributed by atoms with van der Waals surface area (Å²) in [5, 5.41) is 8.84. The molecule has 0 amide bonds. The van der Waals surface area contributed by atoms with Gasteiger partial charge in [-0.25, -0.2) is 0 Å². The minimum absolute atomic E-state index is 0.476. The second-order valence-corrected chi connectivity index (χ2v) is 5.76. The van der Waals surface area contributed by atoms with Gasteiger partial charge in [-0.1, -0.05) is 6.07 Å². The lowest BCUT2D eigenvalue weighted by molar-refractivity contribution is 0.415. The number of methoxy groups -OCH3 is 1. The fraction of sp³-hybridized carbons (Fsp3) is 0.167. The van der Waals surface area contributed by atoms with E-state index in [4.69, 9.17) is 17.0 Å². The van der Waals surface area contributed by atoms with E-state index in [0.717, 1.165) is 28.8 Å². The zero-order valence-electron chi connectivity index (χ0n) is 13.8. The van der Waals surface area contributed by atoms with Crippen molar-refractivity contribution in [2.24, 2.45) is 5.10 Å². The number of aromatic amines is 1. The minimum atomic E-state index is 0.476. The Hall–Kier alpha value is -2.93. The van der Waals surface area contributed by atoms with Crippen LogP contribution in [0, 0.1) is 0 Å². The summed E-state index contributed by atoms with van der Waals surface area (Å²) in [6.07, 6.45) is 6.19. The first-order chi connectivity index (χ1) is 12.3. The van der Waals surface area contributed by atoms with E-state index >= 15 is 0 Å². The molecular formula is C18H19N5OS. The second-order valence-electron chi connectivity index (χ2n) is 5.36. The molecule has 0 saturated heterocycles. The lowest BCUT2D eigenvalue weighted by atomic mass is 10.1. The molecule has 0 fully saturated rings. The van der Waals surface area contributed by atoms with Gasteiger partial charge in [-0.3, -0.25) is 10.4 Å². The number of hydrazone groups is 1. The van der Waals surface area contributed by atoms with Gasteiger partial charge in [-0.2, -0.15) is 5.10 Å². The number of nitrogens with one attached hydrogen (secondary N) is 3. The van der Waals surface area contributed by atoms with E-state index in [0.29, 0.717) is 11.7 Å². The number of benzene rings is 1. The predicted molar refractivity (Wildman–Crippen MR) is 104 cm³/mol. The molecule has 0 atom stereocenters. The van der Waals surface area contributed by atoms with E-state index in [1.807, 2.05) is 42.6 Å². The number of nitrogens with zero attached hydrogens (tertiary/aromatic N) is 2. The van der Waals surface area contributed by atoms with Crippen LogP contribution >= 0.6 is 12.2 Å². The molecule has 6 nitrogen and oxygen atoms in total. The fourth-order valence-corrected chi connectivity index (χ4v) is 2.61. The van der Waals surface area contributed by atoms with Crippen LogP contribution in [0.25, 0.3) is 10.9 Å². The Morgan fingerprint density at radius 2 is 2.28 bits per heavy atom. The summed E-state index contributed by atoms with van der Waals surface area (Å²) < 4.78 is 5.29. The number of aromatic nitrogens is 2. The predicted octanol–water partition coefficient (Wildman–Crippen LogP) is 2.61. The van der Waals surface area contributed by atoms with Crippen molar-refractivity contribution in [1.82, 2.24) is 20.7 Å². The van der Waals surface area contributed by atoms with Crippen molar-refractivity contribution in [2.75, 3.05) is 13.7 Å². The highest BCUT2D eigenvalue weighted by Crippen LogP contribution is 2.23. The third-order valence-electron chi connectivity index (χ3n) is 3.71. The maximum absolute atomic E-state index is 5.29. The van der Waals surface area contributed by atoms with Crippen molar-refractivity contribution in [1.29, 1.82) is 0 Å². The number of ether oxygens (including phenoxy) is 1. The van der Waals surface area contributed by atoms with Crippen LogP contribution in [-0.2, 0) is 6.42 Å². The first-order valence-corrected chi connectivity index (χ1v) is 8.29. The monoisotopic (exact) mass is 353 g/mol. The van der Waals surface area contributed by atoms with Gasteiger partial charge in [0.1, 0.15) is 5.75 Å². The van der Waals surface area contributed by atoms with E-state index in [1.165, 1.54) is 5.56 Å². The molecule has 1 aromatic carbocycles. The normalized spacial score (nSPS) is 10.9. The second kappa shape index (κ2) is 8.25. The van der Waals surface area contributed by atoms with Crippen LogP contribution in [0.4, 0.5) is 0 Å². The summed E-state index contributed by atoms with van der Waals surface area (Å²) in [7, 11) is 1.67. The molecular weight excluding hydrogens is 334 g/mol. The Labute approximate surface area is 151 Å². The van der Waals surface area contributed by atoms with Crippen LogP contribution in [-0.4, -0.2) is 34.9 Å². The van der Waals surface area contributed by atoms with E-state index in [1.54, 1.807) is 19.5 Å². The number of H-pyrrole nitrogens is 1. The van der Waals surface area contributed by atoms with E-state index in [9.17, 15) is 0 Å². The molecule has 3 rings (SSSR count). The van der Waals surface area contributed by atoms with Gasteiger partial charge in [0.25, 0.3) is 0 Å². The van der Waals surface area contributed by atoms with Gasteiger partial charge in [0.15, 0.2) is 5.11 Å². The Morgan fingerprint density at radius 1 is 1.36 bits per heavy atom. The van der Waals surface area contributed by atoms with E-state index in [2.05, 4.69) is 25.8 Å². The standard InChI is InChI=1S/C18H19N5OS/c1-24-15-5-6-17-16(10-15)13(11-21-17)7-9-20-18(25)23-22-12-14-4-2-3-8-19-14/h2-6,8,10-12,21H,7,9H2,1H3,(H2,20,23,25)/b22-12+. The average molecular weight is 353 g/mol. The van der Waals surface area contributed by atoms with Gasteiger partial charge in [0.2, 0.25) is 0 Å². The summed E-state index contributed by atoms with van der Waals surface area (Å²) in [6.45, 7) is 0.703. The van der Waals surface area contributed by atoms with Gasteiger partial charge in [0, 0.05) is 29.8 Å². The number of fused-ring (bicyclic) bond motifs is 1. The maximum Gasteiger partial charge on any atom is 0.186 e. The van der Waals surface area contributed by atoms with Gasteiger partial charge in [-0.05, 0) is 54.5 Å². The molecule has 2 heterocycles. The third-order valence-corrected chi connectivity index (χ3v) is 3.94. The SMILES string of the molecule is COc1ccc2[nH]cc(CCNC(=S)N/N=C/c3ccccn3)c2c1. The molecule has 0 aliphatic heterocycles. The highest BCUT2D eigenvalue weighted by molar-refractivity contribution is 7.80. The Kier molecular flexibility index (Phi) is 5.58. The molecule has 0 radical (unpaired) electrons. The Bertz CT molecular complexity index is 876. The molecule has 3 aromatic rings. The van der Waals surface area contributed by atoms with Crippen molar-refractivity contribution >= 4 is 34.4 Å². The third kappa shape index (κ3) is 4.54. The molecule has 2 aromatic heterocycles. The molecule has 25 heavy (non-hydrogen) atoms. The molecule has 0 saturated carbocycles. The largest absolute Gasteiger partial charge is 0.497 e. The van der Waals surface area contributed by atoms with Crippen molar-refractivity contribution in [2.45, 2.75) is 6.42 Å². The minimum Gasteiger partial charge on any atom is -0.497 e. The van der Waals surface area contributed by atoms with Crippen molar-refractivity contribution < 1.29 is 4.74 Å². The average Bonchev–Trinajstić information content (AvgIpc) is 3.05. The maximum atomic E-state index is 5.29. The molecule has 0 bridgehead atoms. The molecule has 0 spiro atoms. The summed E-state index contributed by atoms with van der Waals surface area (Å²) in [4.78, 5) is 7.42. The van der Waals surface area contributed by atoms with Crippen molar-refractivity contribution in [3.8, 4) is 5.75 Å². The van der Waals surface area contributed by atoms with Crippen LogP contribution in [0.5, 0.6) is 5.75 Å². The molecule has 128 valence electrons. The topological polar surface area (TPSA) is 74.3 Å². The lowest BCUT2D eigenvalue weighted by Gasteiger charge is -2.06. The zero-order valence-corrected chi connectivity index (χ0v) is 14.6. The van der Waals surface area contributed by atoms with Crippen LogP contribution in [0.15, 0.2) is 53.9 Å². The lowest BCUT2D eigenvalue weighted by Crippen LogP contribution is -2.33. The number of hydrogen-bond acceptors (Lipinski definition) is 4. The highest BCUT2D eigenvalue weighted by atomic mass is 32.1. The number of rotatable bonds is 6. The highest BCUT2D eigenvalue weighted by Gasteiger charge is 2.05. The van der Waals surface area contributed by atoms with E-state index in [-0.39, 0.29) is 0 Å². The van der Waals surface area contributed by atoms with Crippen LogP contribution < -0.4 is 15.5 Å². The molecule has 7 heteroatoms. The summed E-state index contributed by atoms with van der Waals surface area (Å²) in [5.41, 5.74) is 5.86. The van der Waals surface area contributed by atoms with Gasteiger partial charge in [-0.15, -0.1) is 0 Å². The van der Waals surface area contributed by atoms with Crippen molar-refractivity contribution in [3.05, 3.63) is 60.0 Å². The van der Waals surface area contributed by atoms with E-state index < -0.39 is 0 Å². The first kappa shape index (κ1) is 16.9. The summed E-state index contributed by atoms with van der Waals surface area (Å²) >= 11 is 5.22. The quantitative estimate of drug-likeness (QED) is 0.361. The zero-order chi connectivity index (χ0) is 17.5. The van der Waals surface area contributed by atoms with Crippen molar-refractivity contribution in [3.63, 3.8) is 0 Å². The van der Waals surface area contributed by atoms with Gasteiger partial charge in [0.05, 0.1) is 19.0 Å². The molecule has 0 aliphatic rings. The van der Waals surface area contributed by atoms with Crippen LogP contribution in [0.2, 0.25) is 0 Å². The smallest absolute Gasteiger partial charge is 0.186 e. The Morgan fingerprint density at radius 3 is 3.08 bits per heavy atom. The van der Waals surface area contributed by atoms with Gasteiger partial charge < -0.3 is 15.0 Å². The van der Waals surface area contributed by atoms with Crippen LogP contribution in [0.1, 0.15) is 11.3 Å². The number of thiocarbonyl (C=S) groups is 1. The summed E-state index contributed by atoms with van der Waals surface area (Å²) in [5.74, 6) is 0.849. The molecule has 3 N–H and O–H groups in total. The summed E-state index contributed by atoms with van der Waals surface area (Å²) in [6, 6.07) is 11.6. The Balaban J connectivity index is 1.49. The number of hydrogen-bond donors (Lipinski definition) is 3. The van der Waals surface area contributed by atoms with Crippen LogP contribution in [0.3, 0.4) is 0 Å². The fourth-order valence-electron chi connectivity index (χ4n) is 2.45.